The van der Waals surface area contributed by atoms with Gasteiger partial charge >= 0.3 is 0 Å². The summed E-state index contributed by atoms with van der Waals surface area (Å²) in [5.74, 6) is 0.915. The van der Waals surface area contributed by atoms with Crippen LogP contribution >= 0.6 is 0 Å². The Kier molecular flexibility index (Phi) is 4.12. The Morgan fingerprint density at radius 2 is 2.07 bits per heavy atom. The van der Waals surface area contributed by atoms with E-state index in [0.717, 1.165) is 30.0 Å². The highest BCUT2D eigenvalue weighted by Gasteiger charge is 2.42. The van der Waals surface area contributed by atoms with Crippen molar-refractivity contribution in [2.75, 3.05) is 25.0 Å². The van der Waals surface area contributed by atoms with Gasteiger partial charge in [-0.25, -0.2) is 0 Å². The molecule has 5 rings (SSSR count). The van der Waals surface area contributed by atoms with Crippen LogP contribution in [0.2, 0.25) is 0 Å². The zero-order valence-electron chi connectivity index (χ0n) is 16.8. The Balaban J connectivity index is 1.43. The van der Waals surface area contributed by atoms with Crippen molar-refractivity contribution in [3.63, 3.8) is 0 Å². The summed E-state index contributed by atoms with van der Waals surface area (Å²) in [6.07, 6.45) is 5.48. The third-order valence-electron chi connectivity index (χ3n) is 6.10. The first-order valence-electron chi connectivity index (χ1n) is 10.1. The molecule has 2 aliphatic rings. The number of amides is 1. The number of rotatable bonds is 3. The van der Waals surface area contributed by atoms with Crippen molar-refractivity contribution in [3.8, 4) is 11.4 Å². The van der Waals surface area contributed by atoms with Gasteiger partial charge in [0, 0.05) is 44.3 Å². The fraction of sp³-hybridized carbons (Fsp3) is 0.364. The van der Waals surface area contributed by atoms with Gasteiger partial charge < -0.3 is 19.5 Å². The largest absolute Gasteiger partial charge is 0.494 e. The minimum atomic E-state index is -0.190. The monoisotopic (exact) mass is 391 g/mol. The predicted molar refractivity (Wildman–Crippen MR) is 111 cm³/mol. The Bertz CT molecular complexity index is 1060. The van der Waals surface area contributed by atoms with E-state index in [2.05, 4.69) is 45.4 Å². The van der Waals surface area contributed by atoms with Crippen LogP contribution in [0.4, 0.5) is 5.69 Å². The second-order valence-electron chi connectivity index (χ2n) is 7.71. The smallest absolute Gasteiger partial charge is 0.272 e. The topological polar surface area (TPSA) is 64.3 Å². The van der Waals surface area contributed by atoms with Crippen LogP contribution in [-0.2, 0) is 12.6 Å². The number of piperidine rings is 1. The number of hydrogen-bond acceptors (Lipinski definition) is 4. The molecule has 7 nitrogen and oxygen atoms in total. The van der Waals surface area contributed by atoms with E-state index in [1.165, 1.54) is 5.69 Å². The summed E-state index contributed by atoms with van der Waals surface area (Å²) >= 11 is 0. The fourth-order valence-corrected chi connectivity index (χ4v) is 4.60. The van der Waals surface area contributed by atoms with Gasteiger partial charge in [0.15, 0.2) is 0 Å². The average molecular weight is 391 g/mol. The van der Waals surface area contributed by atoms with Gasteiger partial charge in [0.1, 0.15) is 11.4 Å². The number of carbonyl (C=O) groups excluding carboxylic acids is 1. The summed E-state index contributed by atoms with van der Waals surface area (Å²) in [7, 11) is 1.81. The molecule has 2 aromatic heterocycles. The summed E-state index contributed by atoms with van der Waals surface area (Å²) in [6.45, 7) is 4.03. The van der Waals surface area contributed by atoms with Gasteiger partial charge in [0.05, 0.1) is 23.5 Å². The molecule has 3 aromatic rings. The number of likely N-dealkylation sites (tertiary alicyclic amines) is 1. The second-order valence-corrected chi connectivity index (χ2v) is 7.71. The van der Waals surface area contributed by atoms with E-state index in [1.54, 1.807) is 24.0 Å². The zero-order valence-corrected chi connectivity index (χ0v) is 16.8. The minimum absolute atomic E-state index is 0.0464. The highest BCUT2D eigenvalue weighted by molar-refractivity contribution is 5.92. The van der Waals surface area contributed by atoms with Gasteiger partial charge in [-0.1, -0.05) is 0 Å². The lowest BCUT2D eigenvalue weighted by molar-refractivity contribution is 0.0665. The molecule has 0 atom stereocenters. The lowest BCUT2D eigenvalue weighted by Crippen LogP contribution is -2.51. The normalized spacial score (nSPS) is 16.8. The Morgan fingerprint density at radius 1 is 1.24 bits per heavy atom. The van der Waals surface area contributed by atoms with Crippen molar-refractivity contribution in [1.82, 2.24) is 19.2 Å². The Labute approximate surface area is 169 Å². The maximum absolute atomic E-state index is 12.9. The van der Waals surface area contributed by atoms with E-state index in [1.807, 2.05) is 17.9 Å². The minimum Gasteiger partial charge on any atom is -0.494 e. The molecule has 0 unspecified atom stereocenters. The molecule has 150 valence electrons. The van der Waals surface area contributed by atoms with Gasteiger partial charge in [0.2, 0.25) is 0 Å². The summed E-state index contributed by atoms with van der Waals surface area (Å²) in [5, 5.41) is 7.93. The van der Waals surface area contributed by atoms with Crippen molar-refractivity contribution in [2.24, 2.45) is 7.05 Å². The first-order valence-corrected chi connectivity index (χ1v) is 10.1. The highest BCUT2D eigenvalue weighted by atomic mass is 16.5. The highest BCUT2D eigenvalue weighted by Crippen LogP contribution is 2.44. The van der Waals surface area contributed by atoms with Crippen molar-refractivity contribution in [1.29, 1.82) is 0 Å². The van der Waals surface area contributed by atoms with Crippen molar-refractivity contribution >= 4 is 11.6 Å². The molecule has 1 spiro atoms. The van der Waals surface area contributed by atoms with Crippen LogP contribution in [0, 0.1) is 0 Å². The molecule has 7 heteroatoms. The van der Waals surface area contributed by atoms with Crippen LogP contribution in [-0.4, -0.2) is 44.9 Å². The van der Waals surface area contributed by atoms with Gasteiger partial charge in [-0.05, 0) is 50.1 Å². The zero-order chi connectivity index (χ0) is 20.0. The number of aryl methyl sites for hydroxylation is 1. The lowest BCUT2D eigenvalue weighted by Gasteiger charge is -2.46. The first kappa shape index (κ1) is 17.8. The third-order valence-corrected chi connectivity index (χ3v) is 6.10. The van der Waals surface area contributed by atoms with Crippen molar-refractivity contribution in [2.45, 2.75) is 25.3 Å². The molecule has 1 amide bonds. The predicted octanol–water partition coefficient (Wildman–Crippen LogP) is 3.17. The number of benzene rings is 1. The van der Waals surface area contributed by atoms with Gasteiger partial charge in [-0.15, -0.1) is 0 Å². The van der Waals surface area contributed by atoms with E-state index in [9.17, 15) is 4.79 Å². The molecule has 1 fully saturated rings. The summed E-state index contributed by atoms with van der Waals surface area (Å²) in [5.41, 5.74) is 3.90. The molecular formula is C22H25N5O2. The van der Waals surface area contributed by atoms with Crippen LogP contribution in [0.5, 0.6) is 5.75 Å². The second kappa shape index (κ2) is 6.69. The Hall–Kier alpha value is -3.22. The maximum Gasteiger partial charge on any atom is 0.272 e. The number of fused-ring (bicyclic) bond motifs is 4. The molecular weight excluding hydrogens is 366 g/mol. The number of aromatic nitrogens is 3. The lowest BCUT2D eigenvalue weighted by atomic mass is 9.82. The summed E-state index contributed by atoms with van der Waals surface area (Å²) < 4.78 is 9.61. The number of anilines is 1. The molecule has 0 saturated carbocycles. The van der Waals surface area contributed by atoms with Crippen molar-refractivity contribution in [3.05, 3.63) is 60.2 Å². The van der Waals surface area contributed by atoms with Crippen LogP contribution in [0.15, 0.2) is 48.8 Å². The maximum atomic E-state index is 12.9. The van der Waals surface area contributed by atoms with Crippen molar-refractivity contribution < 1.29 is 9.53 Å². The molecule has 2 aliphatic heterocycles. The van der Waals surface area contributed by atoms with E-state index in [4.69, 9.17) is 4.74 Å². The number of ether oxygens (including phenoxy) is 1. The molecule has 4 heterocycles. The number of nitrogens with zero attached hydrogens (tertiary/aromatic N) is 4. The average Bonchev–Trinajstić information content (AvgIpc) is 3.38. The molecule has 0 aliphatic carbocycles. The SMILES string of the molecule is CCOc1ccc2c(c1)NC1(CCN(C(=O)c3ccnn3C)CC1)c1cccn1-2. The molecule has 0 bridgehead atoms. The van der Waals surface area contributed by atoms with Crippen LogP contribution in [0.1, 0.15) is 35.9 Å². The molecule has 1 saturated heterocycles. The number of carbonyl (C=O) groups is 1. The van der Waals surface area contributed by atoms with Gasteiger partial charge in [-0.3, -0.25) is 9.48 Å². The fourth-order valence-electron chi connectivity index (χ4n) is 4.60. The number of nitrogens with one attached hydrogen (secondary N) is 1. The van der Waals surface area contributed by atoms with E-state index < -0.39 is 0 Å². The van der Waals surface area contributed by atoms with Crippen LogP contribution < -0.4 is 10.1 Å². The molecule has 29 heavy (non-hydrogen) atoms. The quantitative estimate of drug-likeness (QED) is 0.745. The summed E-state index contributed by atoms with van der Waals surface area (Å²) in [6, 6.07) is 12.3. The third kappa shape index (κ3) is 2.80. The summed E-state index contributed by atoms with van der Waals surface area (Å²) in [4.78, 5) is 14.8. The van der Waals surface area contributed by atoms with Crippen LogP contribution in [0.25, 0.3) is 5.69 Å². The molecule has 1 N–H and O–H groups in total. The Morgan fingerprint density at radius 3 is 2.79 bits per heavy atom. The van der Waals surface area contributed by atoms with E-state index in [-0.39, 0.29) is 11.4 Å². The van der Waals surface area contributed by atoms with Gasteiger partial charge in [-0.2, -0.15) is 5.10 Å². The van der Waals surface area contributed by atoms with E-state index in [0.29, 0.717) is 25.4 Å². The molecule has 1 aromatic carbocycles. The number of hydrogen-bond donors (Lipinski definition) is 1. The molecule has 0 radical (unpaired) electrons. The van der Waals surface area contributed by atoms with E-state index >= 15 is 0 Å². The van der Waals surface area contributed by atoms with Gasteiger partial charge in [0.25, 0.3) is 5.91 Å². The standard InChI is InChI=1S/C22H25N5O2/c1-3-29-16-6-7-18-17(15-16)24-22(20-5-4-12-27(18)20)9-13-26(14-10-22)21(28)19-8-11-23-25(19)2/h4-8,11-12,15,24H,3,9-10,13-14H2,1-2H3. The first-order chi connectivity index (χ1) is 14.1. The van der Waals surface area contributed by atoms with Crippen LogP contribution in [0.3, 0.4) is 0 Å².